The van der Waals surface area contributed by atoms with Crippen LogP contribution in [0.1, 0.15) is 18.4 Å². The zero-order valence-corrected chi connectivity index (χ0v) is 10.3. The van der Waals surface area contributed by atoms with Gasteiger partial charge in [-0.2, -0.15) is 0 Å². The summed E-state index contributed by atoms with van der Waals surface area (Å²) in [6, 6.07) is 7.84. The molecule has 0 aromatic heterocycles. The van der Waals surface area contributed by atoms with E-state index in [9.17, 15) is 4.79 Å². The van der Waals surface area contributed by atoms with Crippen LogP contribution in [0.5, 0.6) is 0 Å². The molecule has 0 bridgehead atoms. The molecule has 16 heavy (non-hydrogen) atoms. The van der Waals surface area contributed by atoms with E-state index >= 15 is 0 Å². The van der Waals surface area contributed by atoms with Gasteiger partial charge in [0.25, 0.3) is 0 Å². The van der Waals surface area contributed by atoms with Crippen molar-refractivity contribution in [2.45, 2.75) is 18.3 Å². The average molecular weight is 258 g/mol. The molecule has 1 aromatic carbocycles. The highest BCUT2D eigenvalue weighted by atomic mass is 35.5. The van der Waals surface area contributed by atoms with Crippen LogP contribution in [-0.4, -0.2) is 18.3 Å². The first-order chi connectivity index (χ1) is 7.66. The molecule has 0 heterocycles. The van der Waals surface area contributed by atoms with E-state index in [4.69, 9.17) is 23.2 Å². The number of hydrogen-bond donors (Lipinski definition) is 1. The Hall–Kier alpha value is -0.730. The van der Waals surface area contributed by atoms with Gasteiger partial charge in [0.05, 0.1) is 0 Å². The van der Waals surface area contributed by atoms with E-state index < -0.39 is 0 Å². The Morgan fingerprint density at radius 3 is 2.75 bits per heavy atom. The van der Waals surface area contributed by atoms with Crippen LogP contribution in [0.2, 0.25) is 5.02 Å². The van der Waals surface area contributed by atoms with Gasteiger partial charge in [0.15, 0.2) is 0 Å². The molecule has 1 fully saturated rings. The molecular formula is C12H13Cl2NO. The Bertz CT molecular complexity index is 402. The van der Waals surface area contributed by atoms with E-state index in [0.29, 0.717) is 6.54 Å². The largest absolute Gasteiger partial charge is 0.354 e. The number of alkyl halides is 1. The first-order valence-corrected chi connectivity index (χ1v) is 6.16. The van der Waals surface area contributed by atoms with Crippen molar-refractivity contribution in [1.82, 2.24) is 5.32 Å². The maximum atomic E-state index is 11.1. The molecule has 0 unspecified atom stereocenters. The Kier molecular flexibility index (Phi) is 3.41. The van der Waals surface area contributed by atoms with Crippen LogP contribution in [0.3, 0.4) is 0 Å². The van der Waals surface area contributed by atoms with Gasteiger partial charge in [0.1, 0.15) is 5.88 Å². The quantitative estimate of drug-likeness (QED) is 0.826. The Labute approximate surface area is 105 Å². The smallest absolute Gasteiger partial charge is 0.234 e. The highest BCUT2D eigenvalue weighted by molar-refractivity contribution is 6.30. The Balaban J connectivity index is 2.05. The molecule has 1 amide bonds. The minimum atomic E-state index is -0.116. The summed E-state index contributed by atoms with van der Waals surface area (Å²) >= 11 is 11.4. The summed E-state index contributed by atoms with van der Waals surface area (Å²) in [7, 11) is 0. The van der Waals surface area contributed by atoms with Crippen molar-refractivity contribution < 1.29 is 4.79 Å². The number of carbonyl (C=O) groups is 1. The molecule has 1 saturated carbocycles. The first-order valence-electron chi connectivity index (χ1n) is 5.25. The minimum Gasteiger partial charge on any atom is -0.354 e. The third kappa shape index (κ3) is 2.50. The van der Waals surface area contributed by atoms with Gasteiger partial charge in [0, 0.05) is 17.0 Å². The molecule has 0 radical (unpaired) electrons. The monoisotopic (exact) mass is 257 g/mol. The normalized spacial score (nSPS) is 16.9. The molecule has 0 spiro atoms. The van der Waals surface area contributed by atoms with Crippen LogP contribution in [0.4, 0.5) is 0 Å². The fraction of sp³-hybridized carbons (Fsp3) is 0.417. The van der Waals surface area contributed by atoms with Gasteiger partial charge in [-0.1, -0.05) is 23.7 Å². The number of carbonyl (C=O) groups excluding carboxylic acids is 1. The average Bonchev–Trinajstić information content (AvgIpc) is 3.07. The summed E-state index contributed by atoms with van der Waals surface area (Å²) in [4.78, 5) is 11.1. The second-order valence-corrected chi connectivity index (χ2v) is 4.90. The van der Waals surface area contributed by atoms with Crippen molar-refractivity contribution in [3.8, 4) is 0 Å². The van der Waals surface area contributed by atoms with Crippen LogP contribution in [0.25, 0.3) is 0 Å². The van der Waals surface area contributed by atoms with Crippen molar-refractivity contribution in [1.29, 1.82) is 0 Å². The molecule has 2 nitrogen and oxygen atoms in total. The van der Waals surface area contributed by atoms with Gasteiger partial charge in [0.2, 0.25) is 5.91 Å². The molecule has 0 aliphatic heterocycles. The maximum absolute atomic E-state index is 11.1. The molecule has 4 heteroatoms. The van der Waals surface area contributed by atoms with E-state index in [-0.39, 0.29) is 17.2 Å². The Morgan fingerprint density at radius 2 is 2.19 bits per heavy atom. The zero-order valence-electron chi connectivity index (χ0n) is 8.80. The Morgan fingerprint density at radius 1 is 1.44 bits per heavy atom. The van der Waals surface area contributed by atoms with Gasteiger partial charge in [-0.05, 0) is 30.5 Å². The highest BCUT2D eigenvalue weighted by Gasteiger charge is 2.44. The lowest BCUT2D eigenvalue weighted by Crippen LogP contribution is -2.32. The summed E-state index contributed by atoms with van der Waals surface area (Å²) in [6.45, 7) is 0.652. The topological polar surface area (TPSA) is 29.1 Å². The van der Waals surface area contributed by atoms with Crippen LogP contribution in [0.15, 0.2) is 24.3 Å². The van der Waals surface area contributed by atoms with Crippen LogP contribution in [0, 0.1) is 0 Å². The predicted octanol–water partition coefficient (Wildman–Crippen LogP) is 2.73. The number of hydrogen-bond acceptors (Lipinski definition) is 1. The summed E-state index contributed by atoms with van der Waals surface area (Å²) in [5.41, 5.74) is 1.29. The van der Waals surface area contributed by atoms with E-state index in [2.05, 4.69) is 11.4 Å². The molecule has 2 rings (SSSR count). The third-order valence-electron chi connectivity index (χ3n) is 3.04. The summed E-state index contributed by atoms with van der Waals surface area (Å²) in [6.07, 6.45) is 2.19. The lowest BCUT2D eigenvalue weighted by molar-refractivity contribution is -0.118. The van der Waals surface area contributed by atoms with Crippen LogP contribution >= 0.6 is 23.2 Å². The van der Waals surface area contributed by atoms with Gasteiger partial charge in [-0.15, -0.1) is 11.6 Å². The van der Waals surface area contributed by atoms with Gasteiger partial charge in [-0.3, -0.25) is 4.79 Å². The van der Waals surface area contributed by atoms with Crippen LogP contribution < -0.4 is 5.32 Å². The van der Waals surface area contributed by atoms with Gasteiger partial charge >= 0.3 is 0 Å². The summed E-state index contributed by atoms with van der Waals surface area (Å²) < 4.78 is 0. The van der Waals surface area contributed by atoms with E-state index in [1.54, 1.807) is 0 Å². The standard InChI is InChI=1S/C12H13Cl2NO/c13-7-11(16)15-8-12(4-5-12)9-2-1-3-10(14)6-9/h1-3,6H,4-5,7-8H2,(H,15,16). The molecule has 1 N–H and O–H groups in total. The van der Waals surface area contributed by atoms with E-state index in [1.807, 2.05) is 18.2 Å². The molecule has 1 aromatic rings. The number of amides is 1. The minimum absolute atomic E-state index is 0.0195. The number of rotatable bonds is 4. The molecule has 0 saturated heterocycles. The van der Waals surface area contributed by atoms with Gasteiger partial charge < -0.3 is 5.32 Å². The van der Waals surface area contributed by atoms with Gasteiger partial charge in [-0.25, -0.2) is 0 Å². The second kappa shape index (κ2) is 4.64. The summed E-state index contributed by atoms with van der Waals surface area (Å²) in [5, 5.41) is 3.58. The fourth-order valence-corrected chi connectivity index (χ4v) is 2.14. The van der Waals surface area contributed by atoms with E-state index in [0.717, 1.165) is 17.9 Å². The zero-order chi connectivity index (χ0) is 11.6. The SMILES string of the molecule is O=C(CCl)NCC1(c2cccc(Cl)c2)CC1. The molecule has 86 valence electrons. The molecular weight excluding hydrogens is 245 g/mol. The van der Waals surface area contributed by atoms with Crippen molar-refractivity contribution in [3.63, 3.8) is 0 Å². The third-order valence-corrected chi connectivity index (χ3v) is 3.51. The predicted molar refractivity (Wildman–Crippen MR) is 66.1 cm³/mol. The molecule has 1 aliphatic carbocycles. The lowest BCUT2D eigenvalue weighted by atomic mass is 9.96. The van der Waals surface area contributed by atoms with Crippen molar-refractivity contribution in [3.05, 3.63) is 34.9 Å². The maximum Gasteiger partial charge on any atom is 0.234 e. The van der Waals surface area contributed by atoms with Crippen LogP contribution in [-0.2, 0) is 10.2 Å². The number of nitrogens with one attached hydrogen (secondary N) is 1. The highest BCUT2D eigenvalue weighted by Crippen LogP contribution is 2.48. The van der Waals surface area contributed by atoms with Crippen molar-refractivity contribution in [2.75, 3.05) is 12.4 Å². The van der Waals surface area contributed by atoms with Crippen molar-refractivity contribution in [2.24, 2.45) is 0 Å². The fourth-order valence-electron chi connectivity index (χ4n) is 1.85. The number of benzene rings is 1. The van der Waals surface area contributed by atoms with E-state index in [1.165, 1.54) is 5.56 Å². The number of halogens is 2. The summed E-state index contributed by atoms with van der Waals surface area (Å²) in [5.74, 6) is -0.0963. The lowest BCUT2D eigenvalue weighted by Gasteiger charge is -2.16. The molecule has 0 atom stereocenters. The van der Waals surface area contributed by atoms with Crippen molar-refractivity contribution >= 4 is 29.1 Å². The second-order valence-electron chi connectivity index (χ2n) is 4.20. The molecule has 1 aliphatic rings. The first kappa shape index (κ1) is 11.7.